The molecule has 1 atom stereocenters. The van der Waals surface area contributed by atoms with Crippen molar-refractivity contribution >= 4 is 0 Å². The molecule has 1 N–H and O–H groups in total. The number of nitrogens with one attached hydrogen (secondary N) is 1. The van der Waals surface area contributed by atoms with Crippen LogP contribution in [-0.2, 0) is 0 Å². The van der Waals surface area contributed by atoms with Gasteiger partial charge in [-0.1, -0.05) is 65.2 Å². The highest BCUT2D eigenvalue weighted by molar-refractivity contribution is 5.00. The molecular formula is C19H38N2. The number of piperazine rings is 1. The minimum atomic E-state index is 0.521. The zero-order valence-electron chi connectivity index (χ0n) is 14.6. The summed E-state index contributed by atoms with van der Waals surface area (Å²) in [6.07, 6.45) is 17.1. The maximum atomic E-state index is 3.84. The van der Waals surface area contributed by atoms with Crippen molar-refractivity contribution in [2.75, 3.05) is 19.6 Å². The molecule has 0 aromatic carbocycles. The standard InChI is InChI=1S/C19H38N2/c1-3-5-6-7-8-12-15-21-16-18(4-2)20-17-19(21)13-10-9-11-14-19/h18,20H,3-17H2,1-2H3. The molecule has 1 spiro atoms. The van der Waals surface area contributed by atoms with E-state index >= 15 is 0 Å². The molecular weight excluding hydrogens is 256 g/mol. The zero-order chi connectivity index (χ0) is 15.0. The van der Waals surface area contributed by atoms with E-state index in [9.17, 15) is 0 Å². The highest BCUT2D eigenvalue weighted by Gasteiger charge is 2.41. The Morgan fingerprint density at radius 2 is 1.67 bits per heavy atom. The highest BCUT2D eigenvalue weighted by Crippen LogP contribution is 2.35. The molecule has 1 aliphatic heterocycles. The molecule has 0 radical (unpaired) electrons. The monoisotopic (exact) mass is 294 g/mol. The molecule has 2 nitrogen and oxygen atoms in total. The van der Waals surface area contributed by atoms with Crippen molar-refractivity contribution in [3.05, 3.63) is 0 Å². The van der Waals surface area contributed by atoms with Crippen LogP contribution in [0.4, 0.5) is 0 Å². The normalized spacial score (nSPS) is 26.3. The largest absolute Gasteiger partial charge is 0.311 e. The third kappa shape index (κ3) is 4.96. The Balaban J connectivity index is 1.79. The Kier molecular flexibility index (Phi) is 7.53. The van der Waals surface area contributed by atoms with Crippen LogP contribution in [0.1, 0.15) is 90.9 Å². The highest BCUT2D eigenvalue weighted by atomic mass is 15.3. The van der Waals surface area contributed by atoms with Gasteiger partial charge in [0.2, 0.25) is 0 Å². The van der Waals surface area contributed by atoms with Crippen LogP contribution in [0.3, 0.4) is 0 Å². The molecule has 1 aliphatic carbocycles. The fourth-order valence-corrected chi connectivity index (χ4v) is 4.36. The molecule has 2 heteroatoms. The van der Waals surface area contributed by atoms with Gasteiger partial charge in [0.05, 0.1) is 0 Å². The average Bonchev–Trinajstić information content (AvgIpc) is 2.53. The van der Waals surface area contributed by atoms with Gasteiger partial charge in [-0.15, -0.1) is 0 Å². The molecule has 0 aromatic heterocycles. The molecule has 21 heavy (non-hydrogen) atoms. The molecule has 2 fully saturated rings. The summed E-state index contributed by atoms with van der Waals surface area (Å²) in [5, 5.41) is 3.84. The summed E-state index contributed by atoms with van der Waals surface area (Å²) < 4.78 is 0. The topological polar surface area (TPSA) is 15.3 Å². The third-order valence-corrected chi connectivity index (χ3v) is 5.89. The van der Waals surface area contributed by atoms with Gasteiger partial charge >= 0.3 is 0 Å². The fraction of sp³-hybridized carbons (Fsp3) is 1.00. The lowest BCUT2D eigenvalue weighted by Gasteiger charge is -2.52. The van der Waals surface area contributed by atoms with Crippen LogP contribution >= 0.6 is 0 Å². The molecule has 2 rings (SSSR count). The summed E-state index contributed by atoms with van der Waals surface area (Å²) in [6, 6.07) is 0.734. The van der Waals surface area contributed by atoms with Gasteiger partial charge in [-0.05, 0) is 32.2 Å². The summed E-state index contributed by atoms with van der Waals surface area (Å²) in [6.45, 7) is 8.54. The Hall–Kier alpha value is -0.0800. The molecule has 124 valence electrons. The van der Waals surface area contributed by atoms with Gasteiger partial charge in [-0.2, -0.15) is 0 Å². The Morgan fingerprint density at radius 1 is 0.952 bits per heavy atom. The fourth-order valence-electron chi connectivity index (χ4n) is 4.36. The van der Waals surface area contributed by atoms with Crippen LogP contribution in [0, 0.1) is 0 Å². The van der Waals surface area contributed by atoms with E-state index in [2.05, 4.69) is 24.1 Å². The quantitative estimate of drug-likeness (QED) is 0.651. The summed E-state index contributed by atoms with van der Waals surface area (Å²) in [5.74, 6) is 0. The van der Waals surface area contributed by atoms with Crippen LogP contribution in [0.2, 0.25) is 0 Å². The molecule has 0 aromatic rings. The number of nitrogens with zero attached hydrogens (tertiary/aromatic N) is 1. The Bertz CT molecular complexity index is 271. The lowest BCUT2D eigenvalue weighted by atomic mass is 9.78. The second kappa shape index (κ2) is 9.15. The number of hydrogen-bond donors (Lipinski definition) is 1. The van der Waals surface area contributed by atoms with Crippen molar-refractivity contribution in [1.29, 1.82) is 0 Å². The van der Waals surface area contributed by atoms with Gasteiger partial charge in [0, 0.05) is 24.7 Å². The van der Waals surface area contributed by atoms with Crippen LogP contribution in [-0.4, -0.2) is 36.1 Å². The summed E-state index contributed by atoms with van der Waals surface area (Å²) in [5.41, 5.74) is 0.521. The van der Waals surface area contributed by atoms with E-state index in [0.717, 1.165) is 6.04 Å². The number of rotatable bonds is 8. The molecule has 0 bridgehead atoms. The SMILES string of the molecule is CCCCCCCCN1CC(CC)NCC12CCCCC2. The van der Waals surface area contributed by atoms with Crippen molar-refractivity contribution in [2.24, 2.45) is 0 Å². The van der Waals surface area contributed by atoms with Gasteiger partial charge in [-0.25, -0.2) is 0 Å². The van der Waals surface area contributed by atoms with E-state index in [-0.39, 0.29) is 0 Å². The van der Waals surface area contributed by atoms with Crippen molar-refractivity contribution in [2.45, 2.75) is 102 Å². The van der Waals surface area contributed by atoms with Gasteiger partial charge in [0.1, 0.15) is 0 Å². The van der Waals surface area contributed by atoms with Crippen LogP contribution in [0.15, 0.2) is 0 Å². The van der Waals surface area contributed by atoms with E-state index in [0.29, 0.717) is 5.54 Å². The molecule has 1 heterocycles. The van der Waals surface area contributed by atoms with E-state index in [1.54, 1.807) is 0 Å². The lowest BCUT2D eigenvalue weighted by Crippen LogP contribution is -2.65. The number of hydrogen-bond acceptors (Lipinski definition) is 2. The maximum absolute atomic E-state index is 3.84. The summed E-state index contributed by atoms with van der Waals surface area (Å²) in [7, 11) is 0. The van der Waals surface area contributed by atoms with Crippen molar-refractivity contribution in [3.8, 4) is 0 Å². The van der Waals surface area contributed by atoms with Crippen molar-refractivity contribution in [1.82, 2.24) is 10.2 Å². The van der Waals surface area contributed by atoms with Crippen LogP contribution in [0.5, 0.6) is 0 Å². The van der Waals surface area contributed by atoms with E-state index in [1.807, 2.05) is 0 Å². The second-order valence-electron chi connectivity index (χ2n) is 7.48. The molecule has 0 amide bonds. The molecule has 1 saturated carbocycles. The lowest BCUT2D eigenvalue weighted by molar-refractivity contribution is 0.00809. The maximum Gasteiger partial charge on any atom is 0.0334 e. The van der Waals surface area contributed by atoms with Crippen molar-refractivity contribution in [3.63, 3.8) is 0 Å². The summed E-state index contributed by atoms with van der Waals surface area (Å²) in [4.78, 5) is 2.90. The predicted molar refractivity (Wildman–Crippen MR) is 92.8 cm³/mol. The van der Waals surface area contributed by atoms with Gasteiger partial charge in [0.15, 0.2) is 0 Å². The van der Waals surface area contributed by atoms with Crippen LogP contribution in [0.25, 0.3) is 0 Å². The van der Waals surface area contributed by atoms with Gasteiger partial charge in [0.25, 0.3) is 0 Å². The predicted octanol–water partition coefficient (Wildman–Crippen LogP) is 4.73. The molecule has 1 unspecified atom stereocenters. The smallest absolute Gasteiger partial charge is 0.0334 e. The van der Waals surface area contributed by atoms with Gasteiger partial charge in [-0.3, -0.25) is 4.90 Å². The third-order valence-electron chi connectivity index (χ3n) is 5.89. The molecule has 1 saturated heterocycles. The second-order valence-corrected chi connectivity index (χ2v) is 7.48. The summed E-state index contributed by atoms with van der Waals surface area (Å²) >= 11 is 0. The van der Waals surface area contributed by atoms with E-state index < -0.39 is 0 Å². The Labute approximate surface area is 133 Å². The average molecular weight is 295 g/mol. The molecule has 2 aliphatic rings. The first-order valence-electron chi connectivity index (χ1n) is 9.79. The Morgan fingerprint density at radius 3 is 2.38 bits per heavy atom. The first kappa shape index (κ1) is 17.3. The minimum absolute atomic E-state index is 0.521. The first-order valence-corrected chi connectivity index (χ1v) is 9.79. The minimum Gasteiger partial charge on any atom is -0.311 e. The van der Waals surface area contributed by atoms with Crippen molar-refractivity contribution < 1.29 is 0 Å². The van der Waals surface area contributed by atoms with E-state index in [4.69, 9.17) is 0 Å². The van der Waals surface area contributed by atoms with Gasteiger partial charge < -0.3 is 5.32 Å². The zero-order valence-corrected chi connectivity index (χ0v) is 14.6. The first-order chi connectivity index (χ1) is 10.3. The van der Waals surface area contributed by atoms with Crippen LogP contribution < -0.4 is 5.32 Å². The van der Waals surface area contributed by atoms with E-state index in [1.165, 1.54) is 96.7 Å². The number of unbranched alkanes of at least 4 members (excludes halogenated alkanes) is 5.